The average Bonchev–Trinajstić information content (AvgIpc) is 3.15. The molecule has 9 heteroatoms. The summed E-state index contributed by atoms with van der Waals surface area (Å²) in [6.45, 7) is 5.21. The van der Waals surface area contributed by atoms with Crippen molar-refractivity contribution >= 4 is 41.5 Å². The third kappa shape index (κ3) is 6.61. The Hall–Kier alpha value is -2.30. The molecule has 3 rings (SSSR count). The van der Waals surface area contributed by atoms with Crippen LogP contribution >= 0.6 is 24.0 Å². The molecule has 164 valence electrons. The second-order valence-corrected chi connectivity index (χ2v) is 7.18. The lowest BCUT2D eigenvalue weighted by atomic mass is 10.2. The molecule has 0 spiro atoms. The van der Waals surface area contributed by atoms with Crippen molar-refractivity contribution in [3.8, 4) is 5.75 Å². The summed E-state index contributed by atoms with van der Waals surface area (Å²) in [5.74, 6) is 1.73. The van der Waals surface area contributed by atoms with Gasteiger partial charge in [0.2, 0.25) is 5.91 Å². The first-order valence-corrected chi connectivity index (χ1v) is 10.0. The SMILES string of the molecule is CN=C(NCCCCOc1ccc(C)cc1)N1CCN(c2cnn(C)c2)C(=O)C1.I. The Balaban J connectivity index is 0.00000320. The molecule has 0 atom stereocenters. The number of nitrogens with zero attached hydrogens (tertiary/aromatic N) is 5. The number of hydrogen-bond donors (Lipinski definition) is 1. The number of aryl methyl sites for hydroxylation is 2. The molecule has 0 bridgehead atoms. The van der Waals surface area contributed by atoms with Gasteiger partial charge in [-0.25, -0.2) is 0 Å². The number of piperazine rings is 1. The highest BCUT2D eigenvalue weighted by atomic mass is 127. The van der Waals surface area contributed by atoms with Gasteiger partial charge in [0.05, 0.1) is 18.5 Å². The largest absolute Gasteiger partial charge is 0.494 e. The highest BCUT2D eigenvalue weighted by Gasteiger charge is 2.27. The first-order chi connectivity index (χ1) is 14.1. The van der Waals surface area contributed by atoms with Crippen molar-refractivity contribution in [2.75, 3.05) is 44.7 Å². The summed E-state index contributed by atoms with van der Waals surface area (Å²) in [5.41, 5.74) is 2.07. The number of carbonyl (C=O) groups is 1. The van der Waals surface area contributed by atoms with Gasteiger partial charge in [0.15, 0.2) is 5.96 Å². The molecular weight excluding hydrogens is 495 g/mol. The minimum atomic E-state index is 0. The Morgan fingerprint density at radius 2 is 2.00 bits per heavy atom. The molecule has 1 amide bonds. The van der Waals surface area contributed by atoms with Crippen LogP contribution in [0.2, 0.25) is 0 Å². The van der Waals surface area contributed by atoms with Gasteiger partial charge in [-0.05, 0) is 31.9 Å². The highest BCUT2D eigenvalue weighted by molar-refractivity contribution is 14.0. The number of ether oxygens (including phenoxy) is 1. The van der Waals surface area contributed by atoms with Crippen LogP contribution < -0.4 is 15.0 Å². The van der Waals surface area contributed by atoms with Gasteiger partial charge in [-0.15, -0.1) is 24.0 Å². The predicted molar refractivity (Wildman–Crippen MR) is 130 cm³/mol. The normalized spacial score (nSPS) is 14.5. The molecule has 0 unspecified atom stereocenters. The van der Waals surface area contributed by atoms with Crippen LogP contribution in [0.1, 0.15) is 18.4 Å². The summed E-state index contributed by atoms with van der Waals surface area (Å²) in [4.78, 5) is 20.7. The maximum absolute atomic E-state index is 12.6. The molecule has 2 aromatic rings. The van der Waals surface area contributed by atoms with E-state index in [1.165, 1.54) is 5.56 Å². The van der Waals surface area contributed by atoms with Crippen molar-refractivity contribution in [1.29, 1.82) is 0 Å². The van der Waals surface area contributed by atoms with E-state index in [2.05, 4.69) is 34.5 Å². The summed E-state index contributed by atoms with van der Waals surface area (Å²) >= 11 is 0. The molecule has 0 aliphatic carbocycles. The lowest BCUT2D eigenvalue weighted by Gasteiger charge is -2.35. The Bertz CT molecular complexity index is 836. The van der Waals surface area contributed by atoms with Gasteiger partial charge in [0.25, 0.3) is 0 Å². The van der Waals surface area contributed by atoms with Crippen LogP contribution in [-0.4, -0.2) is 66.4 Å². The van der Waals surface area contributed by atoms with Crippen LogP contribution in [0, 0.1) is 6.92 Å². The number of nitrogens with one attached hydrogen (secondary N) is 1. The first kappa shape index (κ1) is 24.0. The van der Waals surface area contributed by atoms with Crippen LogP contribution in [-0.2, 0) is 11.8 Å². The molecule has 2 heterocycles. The number of carbonyl (C=O) groups excluding carboxylic acids is 1. The molecule has 1 N–H and O–H groups in total. The molecule has 1 aromatic carbocycles. The van der Waals surface area contributed by atoms with Gasteiger partial charge in [-0.1, -0.05) is 17.7 Å². The Kier molecular flexibility index (Phi) is 9.41. The quantitative estimate of drug-likeness (QED) is 0.260. The van der Waals surface area contributed by atoms with Gasteiger partial charge in [-0.2, -0.15) is 5.10 Å². The van der Waals surface area contributed by atoms with E-state index in [-0.39, 0.29) is 29.9 Å². The molecule has 8 nitrogen and oxygen atoms in total. The highest BCUT2D eigenvalue weighted by Crippen LogP contribution is 2.16. The Labute approximate surface area is 195 Å². The van der Waals surface area contributed by atoms with Crippen LogP contribution in [0.5, 0.6) is 5.75 Å². The van der Waals surface area contributed by atoms with Gasteiger partial charge < -0.3 is 19.9 Å². The zero-order valence-corrected chi connectivity index (χ0v) is 20.2. The van der Waals surface area contributed by atoms with Crippen molar-refractivity contribution in [3.05, 3.63) is 42.2 Å². The van der Waals surface area contributed by atoms with Gasteiger partial charge >= 0.3 is 0 Å². The monoisotopic (exact) mass is 526 g/mol. The second-order valence-electron chi connectivity index (χ2n) is 7.18. The van der Waals surface area contributed by atoms with Crippen LogP contribution in [0.15, 0.2) is 41.7 Å². The van der Waals surface area contributed by atoms with E-state index in [4.69, 9.17) is 4.74 Å². The molecular formula is C21H31IN6O2. The van der Waals surface area contributed by atoms with E-state index in [0.29, 0.717) is 19.7 Å². The van der Waals surface area contributed by atoms with E-state index < -0.39 is 0 Å². The van der Waals surface area contributed by atoms with Crippen molar-refractivity contribution in [3.63, 3.8) is 0 Å². The molecule has 0 radical (unpaired) electrons. The third-order valence-corrected chi connectivity index (χ3v) is 4.88. The van der Waals surface area contributed by atoms with E-state index in [9.17, 15) is 4.79 Å². The minimum absolute atomic E-state index is 0. The van der Waals surface area contributed by atoms with Crippen molar-refractivity contribution in [1.82, 2.24) is 20.0 Å². The fraction of sp³-hybridized carbons (Fsp3) is 0.476. The number of rotatable bonds is 7. The summed E-state index contributed by atoms with van der Waals surface area (Å²) in [7, 11) is 3.60. The Morgan fingerprint density at radius 3 is 2.63 bits per heavy atom. The number of aliphatic imine (C=N–C) groups is 1. The average molecular weight is 526 g/mol. The van der Waals surface area contributed by atoms with Crippen molar-refractivity contribution in [2.24, 2.45) is 12.0 Å². The summed E-state index contributed by atoms with van der Waals surface area (Å²) in [5, 5.41) is 7.51. The molecule has 1 fully saturated rings. The fourth-order valence-electron chi connectivity index (χ4n) is 3.26. The van der Waals surface area contributed by atoms with E-state index in [1.807, 2.05) is 30.3 Å². The molecule has 1 aromatic heterocycles. The topological polar surface area (TPSA) is 75.0 Å². The summed E-state index contributed by atoms with van der Waals surface area (Å²) in [6, 6.07) is 8.10. The van der Waals surface area contributed by atoms with Gasteiger partial charge in [0.1, 0.15) is 12.3 Å². The van der Waals surface area contributed by atoms with E-state index in [0.717, 1.165) is 43.3 Å². The number of benzene rings is 1. The maximum Gasteiger partial charge on any atom is 0.246 e. The Morgan fingerprint density at radius 1 is 1.23 bits per heavy atom. The van der Waals surface area contributed by atoms with Crippen molar-refractivity contribution < 1.29 is 9.53 Å². The number of unbranched alkanes of at least 4 members (excludes halogenated alkanes) is 1. The number of anilines is 1. The maximum atomic E-state index is 12.6. The molecule has 30 heavy (non-hydrogen) atoms. The second kappa shape index (κ2) is 11.8. The number of amides is 1. The summed E-state index contributed by atoms with van der Waals surface area (Å²) in [6.07, 6.45) is 5.50. The van der Waals surface area contributed by atoms with Crippen LogP contribution in [0.25, 0.3) is 0 Å². The third-order valence-electron chi connectivity index (χ3n) is 4.88. The lowest BCUT2D eigenvalue weighted by Crippen LogP contribution is -2.55. The number of halogens is 1. The number of aromatic nitrogens is 2. The molecule has 1 aliphatic heterocycles. The van der Waals surface area contributed by atoms with Gasteiger partial charge in [-0.3, -0.25) is 14.5 Å². The van der Waals surface area contributed by atoms with Gasteiger partial charge in [0, 0.05) is 39.9 Å². The van der Waals surface area contributed by atoms with E-state index in [1.54, 1.807) is 22.8 Å². The molecule has 1 aliphatic rings. The zero-order chi connectivity index (χ0) is 20.6. The minimum Gasteiger partial charge on any atom is -0.494 e. The number of hydrogen-bond acceptors (Lipinski definition) is 4. The smallest absolute Gasteiger partial charge is 0.246 e. The van der Waals surface area contributed by atoms with Crippen LogP contribution in [0.4, 0.5) is 5.69 Å². The summed E-state index contributed by atoms with van der Waals surface area (Å²) < 4.78 is 7.46. The van der Waals surface area contributed by atoms with Crippen molar-refractivity contribution in [2.45, 2.75) is 19.8 Å². The fourth-order valence-corrected chi connectivity index (χ4v) is 3.26. The first-order valence-electron chi connectivity index (χ1n) is 10.0. The molecule has 1 saturated heterocycles. The predicted octanol–water partition coefficient (Wildman–Crippen LogP) is 2.43. The van der Waals surface area contributed by atoms with E-state index >= 15 is 0 Å². The molecule has 0 saturated carbocycles. The number of guanidine groups is 1. The lowest BCUT2D eigenvalue weighted by molar-refractivity contribution is -0.120. The van der Waals surface area contributed by atoms with Crippen LogP contribution in [0.3, 0.4) is 0 Å². The standard InChI is InChI=1S/C21H30N6O2.HI/c1-17-6-8-19(9-7-17)29-13-5-4-10-23-21(22-2)26-11-12-27(20(28)16-26)18-14-24-25(3)15-18;/h6-9,14-15H,4-5,10-13,16H2,1-3H3,(H,22,23);1H. The zero-order valence-electron chi connectivity index (χ0n) is 17.9.